The molecule has 0 bridgehead atoms. The molecule has 0 saturated carbocycles. The summed E-state index contributed by atoms with van der Waals surface area (Å²) in [4.78, 5) is 0. The molecule has 0 aliphatic carbocycles. The maximum Gasteiger partial charge on any atom is 0.190 e. The van der Waals surface area contributed by atoms with Crippen molar-refractivity contribution in [3.63, 3.8) is 0 Å². The van der Waals surface area contributed by atoms with E-state index in [1.807, 2.05) is 0 Å². The Kier molecular flexibility index (Phi) is 4.02. The zero-order valence-corrected chi connectivity index (χ0v) is 8.05. The van der Waals surface area contributed by atoms with Crippen LogP contribution in [-0.2, 0) is 9.16 Å². The van der Waals surface area contributed by atoms with Crippen LogP contribution in [-0.4, -0.2) is 28.7 Å². The first-order valence-corrected chi connectivity index (χ1v) is 5.52. The Bertz CT molecular complexity index is 81.7. The van der Waals surface area contributed by atoms with E-state index in [1.54, 1.807) is 0 Å². The highest BCUT2D eigenvalue weighted by molar-refractivity contribution is 6.29. The monoisotopic (exact) mass is 160 g/mol. The van der Waals surface area contributed by atoms with Crippen molar-refractivity contribution < 1.29 is 9.16 Å². The standard InChI is InChI=1S/C7H16O2Si/c1-2-9-10-7-5-3-4-6-8-7/h7H,2-6,10H2,1H3. The van der Waals surface area contributed by atoms with Gasteiger partial charge in [-0.25, -0.2) is 0 Å². The quantitative estimate of drug-likeness (QED) is 0.564. The van der Waals surface area contributed by atoms with Crippen LogP contribution in [0.3, 0.4) is 0 Å². The molecule has 0 aromatic rings. The molecule has 0 radical (unpaired) electrons. The van der Waals surface area contributed by atoms with Gasteiger partial charge in [-0.15, -0.1) is 0 Å². The van der Waals surface area contributed by atoms with Crippen molar-refractivity contribution in [2.75, 3.05) is 13.2 Å². The van der Waals surface area contributed by atoms with Crippen LogP contribution in [0, 0.1) is 0 Å². The minimum atomic E-state index is -0.357. The molecule has 3 heteroatoms. The third kappa shape index (κ3) is 2.81. The van der Waals surface area contributed by atoms with Gasteiger partial charge >= 0.3 is 0 Å². The molecule has 0 spiro atoms. The number of ether oxygens (including phenoxy) is 1. The molecule has 0 amide bonds. The van der Waals surface area contributed by atoms with Crippen molar-refractivity contribution in [1.29, 1.82) is 0 Å². The molecule has 1 fully saturated rings. The zero-order valence-electron chi connectivity index (χ0n) is 6.64. The Hall–Kier alpha value is 0.137. The molecule has 1 aliphatic rings. The fraction of sp³-hybridized carbons (Fsp3) is 1.00. The SMILES string of the molecule is CCO[SiH2]C1CCCCO1. The minimum Gasteiger partial charge on any atom is -0.422 e. The van der Waals surface area contributed by atoms with E-state index in [2.05, 4.69) is 6.92 Å². The summed E-state index contributed by atoms with van der Waals surface area (Å²) >= 11 is 0. The van der Waals surface area contributed by atoms with E-state index in [0.717, 1.165) is 13.2 Å². The fourth-order valence-electron chi connectivity index (χ4n) is 1.19. The van der Waals surface area contributed by atoms with E-state index in [4.69, 9.17) is 9.16 Å². The van der Waals surface area contributed by atoms with Crippen LogP contribution in [0.15, 0.2) is 0 Å². The van der Waals surface area contributed by atoms with Gasteiger partial charge in [-0.2, -0.15) is 0 Å². The highest BCUT2D eigenvalue weighted by Gasteiger charge is 2.13. The molecule has 2 nitrogen and oxygen atoms in total. The lowest BCUT2D eigenvalue weighted by Gasteiger charge is -2.21. The van der Waals surface area contributed by atoms with Gasteiger partial charge in [-0.05, 0) is 26.2 Å². The Morgan fingerprint density at radius 3 is 3.10 bits per heavy atom. The van der Waals surface area contributed by atoms with Gasteiger partial charge in [0.25, 0.3) is 0 Å². The van der Waals surface area contributed by atoms with Crippen molar-refractivity contribution in [3.05, 3.63) is 0 Å². The van der Waals surface area contributed by atoms with E-state index in [1.165, 1.54) is 19.3 Å². The summed E-state index contributed by atoms with van der Waals surface area (Å²) in [6, 6.07) is 0. The summed E-state index contributed by atoms with van der Waals surface area (Å²) in [5.74, 6) is 0. The lowest BCUT2D eigenvalue weighted by atomic mass is 10.2. The maximum absolute atomic E-state index is 5.52. The van der Waals surface area contributed by atoms with E-state index < -0.39 is 0 Å². The molecule has 1 aliphatic heterocycles. The lowest BCUT2D eigenvalue weighted by molar-refractivity contribution is 0.0555. The smallest absolute Gasteiger partial charge is 0.190 e. The van der Waals surface area contributed by atoms with Crippen molar-refractivity contribution in [2.24, 2.45) is 0 Å². The Morgan fingerprint density at radius 1 is 1.60 bits per heavy atom. The lowest BCUT2D eigenvalue weighted by Crippen LogP contribution is -2.27. The number of rotatable bonds is 3. The number of hydrogen-bond donors (Lipinski definition) is 0. The molecule has 10 heavy (non-hydrogen) atoms. The van der Waals surface area contributed by atoms with Crippen LogP contribution in [0.1, 0.15) is 26.2 Å². The molecule has 60 valence electrons. The van der Waals surface area contributed by atoms with E-state index in [-0.39, 0.29) is 9.76 Å². The molecular weight excluding hydrogens is 144 g/mol. The number of hydrogen-bond acceptors (Lipinski definition) is 2. The second-order valence-corrected chi connectivity index (χ2v) is 4.30. The first-order valence-electron chi connectivity index (χ1n) is 4.13. The van der Waals surface area contributed by atoms with E-state index in [0.29, 0.717) is 5.73 Å². The Balaban J connectivity index is 2.02. The van der Waals surface area contributed by atoms with Gasteiger partial charge in [0.2, 0.25) is 0 Å². The molecule has 0 aromatic heterocycles. The van der Waals surface area contributed by atoms with Gasteiger partial charge in [-0.1, -0.05) is 0 Å². The molecule has 1 rings (SSSR count). The summed E-state index contributed by atoms with van der Waals surface area (Å²) in [6.07, 6.45) is 3.83. The molecule has 1 atom stereocenters. The average molecular weight is 160 g/mol. The van der Waals surface area contributed by atoms with Gasteiger partial charge in [0.1, 0.15) is 0 Å². The summed E-state index contributed by atoms with van der Waals surface area (Å²) in [5.41, 5.74) is 0.522. The van der Waals surface area contributed by atoms with Gasteiger partial charge in [-0.3, -0.25) is 0 Å². The van der Waals surface area contributed by atoms with Gasteiger partial charge in [0, 0.05) is 13.2 Å². The van der Waals surface area contributed by atoms with Crippen LogP contribution in [0.4, 0.5) is 0 Å². The summed E-state index contributed by atoms with van der Waals surface area (Å²) in [6.45, 7) is 3.88. The fourth-order valence-corrected chi connectivity index (χ4v) is 2.40. The molecular formula is C7H16O2Si. The van der Waals surface area contributed by atoms with Crippen LogP contribution in [0.25, 0.3) is 0 Å². The molecule has 0 N–H and O–H groups in total. The van der Waals surface area contributed by atoms with Crippen molar-refractivity contribution in [3.8, 4) is 0 Å². The maximum atomic E-state index is 5.52. The summed E-state index contributed by atoms with van der Waals surface area (Å²) in [5, 5.41) is 0. The highest BCUT2D eigenvalue weighted by Crippen LogP contribution is 2.11. The van der Waals surface area contributed by atoms with Crippen molar-refractivity contribution in [2.45, 2.75) is 31.9 Å². The van der Waals surface area contributed by atoms with Crippen molar-refractivity contribution in [1.82, 2.24) is 0 Å². The van der Waals surface area contributed by atoms with Gasteiger partial charge in [0.15, 0.2) is 9.76 Å². The second kappa shape index (κ2) is 4.88. The van der Waals surface area contributed by atoms with Gasteiger partial charge < -0.3 is 9.16 Å². The van der Waals surface area contributed by atoms with Crippen LogP contribution < -0.4 is 0 Å². The first kappa shape index (κ1) is 8.24. The summed E-state index contributed by atoms with van der Waals surface area (Å²) < 4.78 is 10.9. The zero-order chi connectivity index (χ0) is 7.23. The average Bonchev–Trinajstić information content (AvgIpc) is 2.03. The van der Waals surface area contributed by atoms with Gasteiger partial charge in [0.05, 0.1) is 5.73 Å². The predicted octanol–water partition coefficient (Wildman–Crippen LogP) is 0.633. The van der Waals surface area contributed by atoms with E-state index >= 15 is 0 Å². The molecule has 1 heterocycles. The third-order valence-corrected chi connectivity index (χ3v) is 3.44. The molecule has 1 unspecified atom stereocenters. The Labute approximate surface area is 64.8 Å². The normalized spacial score (nSPS) is 27.9. The molecule has 0 aromatic carbocycles. The molecule has 1 saturated heterocycles. The van der Waals surface area contributed by atoms with Crippen LogP contribution in [0.2, 0.25) is 0 Å². The first-order chi connectivity index (χ1) is 4.93. The highest BCUT2D eigenvalue weighted by atomic mass is 28.2. The van der Waals surface area contributed by atoms with Crippen LogP contribution in [0.5, 0.6) is 0 Å². The third-order valence-electron chi connectivity index (χ3n) is 1.78. The second-order valence-electron chi connectivity index (χ2n) is 2.65. The van der Waals surface area contributed by atoms with E-state index in [9.17, 15) is 0 Å². The Morgan fingerprint density at radius 2 is 2.50 bits per heavy atom. The van der Waals surface area contributed by atoms with Crippen LogP contribution >= 0.6 is 0 Å². The summed E-state index contributed by atoms with van der Waals surface area (Å²) in [7, 11) is -0.357. The minimum absolute atomic E-state index is 0.357. The van der Waals surface area contributed by atoms with Crippen molar-refractivity contribution >= 4 is 9.76 Å². The topological polar surface area (TPSA) is 18.5 Å². The predicted molar refractivity (Wildman–Crippen MR) is 43.8 cm³/mol. The largest absolute Gasteiger partial charge is 0.422 e.